The number of carbonyl (C=O) groups excluding carboxylic acids is 2. The van der Waals surface area contributed by atoms with Crippen molar-refractivity contribution in [2.24, 2.45) is 0 Å². The van der Waals surface area contributed by atoms with Gasteiger partial charge < -0.3 is 15.5 Å². The lowest BCUT2D eigenvalue weighted by molar-refractivity contribution is -0.123. The Bertz CT molecular complexity index is 1010. The van der Waals surface area contributed by atoms with E-state index in [2.05, 4.69) is 32.4 Å². The maximum absolute atomic E-state index is 13.0. The van der Waals surface area contributed by atoms with Gasteiger partial charge in [-0.1, -0.05) is 24.6 Å². The van der Waals surface area contributed by atoms with Gasteiger partial charge in [0.2, 0.25) is 17.8 Å². The number of H-pyrrole nitrogens is 1. The Kier molecular flexibility index (Phi) is 5.57. The van der Waals surface area contributed by atoms with Crippen LogP contribution in [0.25, 0.3) is 0 Å². The summed E-state index contributed by atoms with van der Waals surface area (Å²) < 4.78 is 0. The van der Waals surface area contributed by atoms with Crippen molar-refractivity contribution in [2.75, 3.05) is 22.1 Å². The Balaban J connectivity index is 1.65. The minimum Gasteiger partial charge on any atom is -0.339 e. The first-order valence-corrected chi connectivity index (χ1v) is 10.5. The van der Waals surface area contributed by atoms with E-state index in [0.717, 1.165) is 37.8 Å². The van der Waals surface area contributed by atoms with Gasteiger partial charge in [-0.2, -0.15) is 4.98 Å². The molecule has 0 saturated carbocycles. The molecular weight excluding hydrogens is 382 g/mol. The molecule has 0 bridgehead atoms. The maximum Gasteiger partial charge on any atom is 0.258 e. The molecule has 2 aromatic rings. The Morgan fingerprint density at radius 2 is 2.00 bits per heavy atom. The molecular formula is C22H27N5O3. The molecule has 0 unspecified atom stereocenters. The van der Waals surface area contributed by atoms with E-state index in [1.807, 2.05) is 19.1 Å². The Labute approximate surface area is 175 Å². The Morgan fingerprint density at radius 1 is 1.23 bits per heavy atom. The summed E-state index contributed by atoms with van der Waals surface area (Å²) in [5.74, 6) is -0.941. The first-order chi connectivity index (χ1) is 14.5. The molecule has 4 rings (SSSR count). The van der Waals surface area contributed by atoms with E-state index in [-0.39, 0.29) is 35.2 Å². The standard InChI is InChI=1S/C22H27N5O3/c1-3-15-6-4-5-11-27(15)22-25-19-18(21(30)26-22)16(12-17(28)24-19)20(29)23-14-9-7-13(2)8-10-14/h7-10,15-16H,3-6,11-12H2,1-2H3,(H,23,29)(H2,24,25,26,28,30)/t15-,16+/m0/s1. The second-order valence-electron chi connectivity index (χ2n) is 8.06. The van der Waals surface area contributed by atoms with Crippen molar-refractivity contribution in [2.45, 2.75) is 57.9 Å². The molecule has 1 fully saturated rings. The lowest BCUT2D eigenvalue weighted by atomic mass is 9.92. The predicted octanol–water partition coefficient (Wildman–Crippen LogP) is 2.91. The number of piperidine rings is 1. The van der Waals surface area contributed by atoms with Crippen LogP contribution in [0.3, 0.4) is 0 Å². The van der Waals surface area contributed by atoms with Gasteiger partial charge >= 0.3 is 0 Å². The molecule has 1 aromatic carbocycles. The van der Waals surface area contributed by atoms with E-state index >= 15 is 0 Å². The molecule has 2 atom stereocenters. The normalized spacial score (nSPS) is 21.0. The van der Waals surface area contributed by atoms with Crippen LogP contribution in [-0.2, 0) is 9.59 Å². The van der Waals surface area contributed by atoms with E-state index in [9.17, 15) is 14.4 Å². The van der Waals surface area contributed by atoms with Crippen molar-refractivity contribution in [3.8, 4) is 0 Å². The third-order valence-corrected chi connectivity index (χ3v) is 5.94. The molecule has 3 heterocycles. The van der Waals surface area contributed by atoms with Crippen molar-refractivity contribution in [3.63, 3.8) is 0 Å². The van der Waals surface area contributed by atoms with Gasteiger partial charge in [0.1, 0.15) is 5.82 Å². The zero-order valence-corrected chi connectivity index (χ0v) is 17.3. The molecule has 8 heteroatoms. The minimum absolute atomic E-state index is 0.0872. The van der Waals surface area contributed by atoms with Gasteiger partial charge in [-0.05, 0) is 44.7 Å². The molecule has 1 aromatic heterocycles. The Morgan fingerprint density at radius 3 is 2.73 bits per heavy atom. The summed E-state index contributed by atoms with van der Waals surface area (Å²) in [6.45, 7) is 4.89. The van der Waals surface area contributed by atoms with Crippen molar-refractivity contribution >= 4 is 29.3 Å². The first-order valence-electron chi connectivity index (χ1n) is 10.5. The van der Waals surface area contributed by atoms with Gasteiger partial charge in [-0.25, -0.2) is 0 Å². The molecule has 2 aliphatic rings. The van der Waals surface area contributed by atoms with Gasteiger partial charge in [0.15, 0.2) is 0 Å². The molecule has 2 amide bonds. The van der Waals surface area contributed by atoms with E-state index in [4.69, 9.17) is 0 Å². The molecule has 0 radical (unpaired) electrons. The number of anilines is 3. The molecule has 158 valence electrons. The highest BCUT2D eigenvalue weighted by molar-refractivity contribution is 6.04. The number of benzene rings is 1. The molecule has 0 aliphatic carbocycles. The first kappa shape index (κ1) is 20.1. The van der Waals surface area contributed by atoms with E-state index in [1.165, 1.54) is 0 Å². The number of aromatic nitrogens is 2. The summed E-state index contributed by atoms with van der Waals surface area (Å²) in [5.41, 5.74) is 1.54. The number of aryl methyl sites for hydroxylation is 1. The van der Waals surface area contributed by atoms with Crippen LogP contribution in [-0.4, -0.2) is 34.4 Å². The highest BCUT2D eigenvalue weighted by Gasteiger charge is 2.35. The van der Waals surface area contributed by atoms with Crippen molar-refractivity contribution in [3.05, 3.63) is 45.7 Å². The number of rotatable bonds is 4. The van der Waals surface area contributed by atoms with Gasteiger partial charge in [-0.3, -0.25) is 19.4 Å². The van der Waals surface area contributed by atoms with E-state index in [0.29, 0.717) is 17.7 Å². The lowest BCUT2D eigenvalue weighted by Gasteiger charge is -2.36. The number of carbonyl (C=O) groups is 2. The quantitative estimate of drug-likeness (QED) is 0.720. The molecule has 2 aliphatic heterocycles. The predicted molar refractivity (Wildman–Crippen MR) is 116 cm³/mol. The fourth-order valence-electron chi connectivity index (χ4n) is 4.29. The van der Waals surface area contributed by atoms with Crippen LogP contribution in [0.15, 0.2) is 29.1 Å². The highest BCUT2D eigenvalue weighted by Crippen LogP contribution is 2.31. The zero-order valence-electron chi connectivity index (χ0n) is 17.3. The monoisotopic (exact) mass is 409 g/mol. The number of nitrogens with zero attached hydrogens (tertiary/aromatic N) is 2. The number of hydrogen-bond donors (Lipinski definition) is 3. The van der Waals surface area contributed by atoms with Gasteiger partial charge in [-0.15, -0.1) is 0 Å². The summed E-state index contributed by atoms with van der Waals surface area (Å²) in [4.78, 5) is 47.7. The topological polar surface area (TPSA) is 107 Å². The van der Waals surface area contributed by atoms with Crippen LogP contribution in [0, 0.1) is 6.92 Å². The van der Waals surface area contributed by atoms with Crippen LogP contribution in [0.1, 0.15) is 56.1 Å². The number of nitrogens with one attached hydrogen (secondary N) is 3. The van der Waals surface area contributed by atoms with Crippen LogP contribution in [0.4, 0.5) is 17.5 Å². The second kappa shape index (κ2) is 8.30. The van der Waals surface area contributed by atoms with E-state index in [1.54, 1.807) is 12.1 Å². The van der Waals surface area contributed by atoms with Crippen molar-refractivity contribution in [1.82, 2.24) is 9.97 Å². The smallest absolute Gasteiger partial charge is 0.258 e. The fourth-order valence-corrected chi connectivity index (χ4v) is 4.29. The Hall–Kier alpha value is -3.16. The summed E-state index contributed by atoms with van der Waals surface area (Å²) in [5, 5.41) is 5.50. The van der Waals surface area contributed by atoms with Crippen LogP contribution in [0.5, 0.6) is 0 Å². The third kappa shape index (κ3) is 3.94. The van der Waals surface area contributed by atoms with Gasteiger partial charge in [0, 0.05) is 24.7 Å². The summed E-state index contributed by atoms with van der Waals surface area (Å²) >= 11 is 0. The minimum atomic E-state index is -0.885. The number of amides is 2. The molecule has 1 saturated heterocycles. The molecule has 30 heavy (non-hydrogen) atoms. The van der Waals surface area contributed by atoms with Crippen LogP contribution < -0.4 is 21.1 Å². The molecule has 8 nitrogen and oxygen atoms in total. The number of aromatic amines is 1. The van der Waals surface area contributed by atoms with Gasteiger partial charge in [0.05, 0.1) is 11.5 Å². The second-order valence-corrected chi connectivity index (χ2v) is 8.06. The van der Waals surface area contributed by atoms with Crippen molar-refractivity contribution in [1.29, 1.82) is 0 Å². The average molecular weight is 409 g/mol. The average Bonchev–Trinajstić information content (AvgIpc) is 2.74. The maximum atomic E-state index is 13.0. The third-order valence-electron chi connectivity index (χ3n) is 5.94. The van der Waals surface area contributed by atoms with Gasteiger partial charge in [0.25, 0.3) is 5.56 Å². The largest absolute Gasteiger partial charge is 0.339 e. The molecule has 3 N–H and O–H groups in total. The van der Waals surface area contributed by atoms with E-state index < -0.39 is 5.92 Å². The number of hydrogen-bond acceptors (Lipinski definition) is 5. The SMILES string of the molecule is CC[C@H]1CCCCN1c1nc2c(c(=O)[nH]1)[C@H](C(=O)Nc1ccc(C)cc1)CC(=O)N2. The van der Waals surface area contributed by atoms with Crippen molar-refractivity contribution < 1.29 is 9.59 Å². The van der Waals surface area contributed by atoms with Crippen LogP contribution in [0.2, 0.25) is 0 Å². The van der Waals surface area contributed by atoms with Crippen LogP contribution >= 0.6 is 0 Å². The molecule has 0 spiro atoms. The summed E-state index contributed by atoms with van der Waals surface area (Å²) in [6, 6.07) is 7.68. The zero-order chi connectivity index (χ0) is 21.3. The number of fused-ring (bicyclic) bond motifs is 1. The highest BCUT2D eigenvalue weighted by atomic mass is 16.2. The lowest BCUT2D eigenvalue weighted by Crippen LogP contribution is -2.43. The fraction of sp³-hybridized carbons (Fsp3) is 0.455. The summed E-state index contributed by atoms with van der Waals surface area (Å²) in [7, 11) is 0. The summed E-state index contributed by atoms with van der Waals surface area (Å²) in [6.07, 6.45) is 4.10.